The Morgan fingerprint density at radius 1 is 1.26 bits per heavy atom. The third-order valence-corrected chi connectivity index (χ3v) is 11.2. The van der Waals surface area contributed by atoms with Crippen LogP contribution in [0.2, 0.25) is 0 Å². The lowest BCUT2D eigenvalue weighted by atomic mass is 9.46. The van der Waals surface area contributed by atoms with Crippen molar-refractivity contribution in [3.8, 4) is 0 Å². The number of hydrogen-bond acceptors (Lipinski definition) is 5. The van der Waals surface area contributed by atoms with Gasteiger partial charge in [0, 0.05) is 0 Å². The van der Waals surface area contributed by atoms with E-state index in [-0.39, 0.29) is 27.5 Å². The highest BCUT2D eigenvalue weighted by Crippen LogP contribution is 2.62. The van der Waals surface area contributed by atoms with E-state index in [9.17, 15) is 9.90 Å². The van der Waals surface area contributed by atoms with Gasteiger partial charge in [-0.05, 0) is 81.1 Å². The van der Waals surface area contributed by atoms with Crippen molar-refractivity contribution in [2.45, 2.75) is 75.9 Å². The van der Waals surface area contributed by atoms with Crippen LogP contribution in [0.3, 0.4) is 0 Å². The summed E-state index contributed by atoms with van der Waals surface area (Å²) in [4.78, 5) is 12.7. The Morgan fingerprint density at radius 2 is 1.93 bits per heavy atom. The fraction of sp³-hybridized carbons (Fsp3) is 0.864. The van der Waals surface area contributed by atoms with E-state index in [1.807, 2.05) is 23.5 Å². The van der Waals surface area contributed by atoms with Crippen molar-refractivity contribution in [2.24, 2.45) is 22.7 Å². The van der Waals surface area contributed by atoms with E-state index in [2.05, 4.69) is 27.4 Å². The Kier molecular flexibility index (Phi) is 6.35. The van der Waals surface area contributed by atoms with Crippen LogP contribution in [0.5, 0.6) is 0 Å². The Morgan fingerprint density at radius 3 is 2.56 bits per heavy atom. The first-order valence-corrected chi connectivity index (χ1v) is 12.4. The Balaban J connectivity index is 1.86. The molecule has 0 bridgehead atoms. The molecule has 3 fully saturated rings. The number of thioether (sulfide) groups is 2. The van der Waals surface area contributed by atoms with Gasteiger partial charge in [0.2, 0.25) is 0 Å². The summed E-state index contributed by atoms with van der Waals surface area (Å²) in [5.41, 5.74) is 0.873. The lowest BCUT2D eigenvalue weighted by molar-refractivity contribution is -0.168. The van der Waals surface area contributed by atoms with Crippen molar-refractivity contribution in [2.75, 3.05) is 18.6 Å². The van der Waals surface area contributed by atoms with Crippen LogP contribution >= 0.6 is 23.5 Å². The highest BCUT2D eigenvalue weighted by atomic mass is 32.2. The maximum atomic E-state index is 12.7. The zero-order valence-corrected chi connectivity index (χ0v) is 19.0. The Bertz CT molecular complexity index is 586. The molecular formula is C22H36O3S2. The standard InChI is InChI=1S/C22H36O3S2/c1-15-8-9-17-20(2,10-6-11-21(17,3)19(24)25-5)16(15)14-18(23)22(4)26-12-7-13-27-22/h16-18,23H,1,6-14H2,2-5H3/t16-,17+,18?,20+,21-/m0/s1. The minimum atomic E-state index is -0.413. The number of fused-ring (bicyclic) bond motifs is 1. The average molecular weight is 413 g/mol. The molecule has 5 heteroatoms. The van der Waals surface area contributed by atoms with Crippen LogP contribution in [0.4, 0.5) is 0 Å². The Labute approximate surface area is 173 Å². The lowest BCUT2D eigenvalue weighted by Gasteiger charge is -2.58. The number of methoxy groups -OCH3 is 1. The van der Waals surface area contributed by atoms with Crippen molar-refractivity contribution in [1.29, 1.82) is 0 Å². The number of aliphatic hydroxyl groups excluding tert-OH is 1. The van der Waals surface area contributed by atoms with Gasteiger partial charge >= 0.3 is 5.97 Å². The molecule has 0 spiro atoms. The maximum absolute atomic E-state index is 12.7. The average Bonchev–Trinajstić information content (AvgIpc) is 2.64. The molecule has 0 aromatic heterocycles. The maximum Gasteiger partial charge on any atom is 0.311 e. The molecule has 0 amide bonds. The van der Waals surface area contributed by atoms with E-state index >= 15 is 0 Å². The summed E-state index contributed by atoms with van der Waals surface area (Å²) < 4.78 is 5.10. The summed E-state index contributed by atoms with van der Waals surface area (Å²) in [5, 5.41) is 11.2. The van der Waals surface area contributed by atoms with Crippen LogP contribution in [0.15, 0.2) is 12.2 Å². The van der Waals surface area contributed by atoms with Gasteiger partial charge in [0.25, 0.3) is 0 Å². The number of hydrogen-bond donors (Lipinski definition) is 1. The first-order valence-electron chi connectivity index (χ1n) is 10.4. The van der Waals surface area contributed by atoms with Gasteiger partial charge in [-0.3, -0.25) is 4.79 Å². The van der Waals surface area contributed by atoms with Crippen molar-refractivity contribution < 1.29 is 14.6 Å². The zero-order chi connectivity index (χ0) is 19.9. The van der Waals surface area contributed by atoms with Crippen molar-refractivity contribution in [3.05, 3.63) is 12.2 Å². The highest BCUT2D eigenvalue weighted by Gasteiger charge is 2.58. The lowest BCUT2D eigenvalue weighted by Crippen LogP contribution is -2.54. The van der Waals surface area contributed by atoms with Crippen LogP contribution in [-0.2, 0) is 9.53 Å². The van der Waals surface area contributed by atoms with Crippen molar-refractivity contribution >= 4 is 29.5 Å². The van der Waals surface area contributed by atoms with Crippen LogP contribution in [0.25, 0.3) is 0 Å². The predicted octanol–water partition coefficient (Wildman–Crippen LogP) is 5.28. The summed E-state index contributed by atoms with van der Waals surface area (Å²) in [6.45, 7) is 11.1. The van der Waals surface area contributed by atoms with Gasteiger partial charge in [0.05, 0.1) is 22.7 Å². The molecule has 27 heavy (non-hydrogen) atoms. The molecule has 2 saturated carbocycles. The molecule has 1 saturated heterocycles. The van der Waals surface area contributed by atoms with Crippen LogP contribution in [0, 0.1) is 22.7 Å². The number of carbonyl (C=O) groups is 1. The fourth-order valence-corrected chi connectivity index (χ4v) is 9.12. The van der Waals surface area contributed by atoms with Gasteiger partial charge in [-0.1, -0.05) is 25.5 Å². The SMILES string of the molecule is C=C1CC[C@@H]2[C@](C)(CCC[C@]2(C)C(=O)OC)[C@H]1CC(O)C1(C)SCCCS1. The quantitative estimate of drug-likeness (QED) is 0.503. The normalized spacial score (nSPS) is 40.1. The molecule has 0 aromatic rings. The molecule has 3 nitrogen and oxygen atoms in total. The first kappa shape index (κ1) is 21.6. The molecule has 0 aromatic carbocycles. The van der Waals surface area contributed by atoms with Gasteiger partial charge in [-0.25, -0.2) is 0 Å². The summed E-state index contributed by atoms with van der Waals surface area (Å²) in [6, 6.07) is 0. The van der Waals surface area contributed by atoms with Gasteiger partial charge in [0.15, 0.2) is 0 Å². The number of ether oxygens (including phenoxy) is 1. The van der Waals surface area contributed by atoms with Crippen LogP contribution in [0.1, 0.15) is 65.7 Å². The summed E-state index contributed by atoms with van der Waals surface area (Å²) >= 11 is 3.82. The molecule has 154 valence electrons. The zero-order valence-electron chi connectivity index (χ0n) is 17.4. The van der Waals surface area contributed by atoms with Gasteiger partial charge in [-0.15, -0.1) is 23.5 Å². The summed E-state index contributed by atoms with van der Waals surface area (Å²) in [5.74, 6) is 2.78. The van der Waals surface area contributed by atoms with E-state index in [0.29, 0.717) is 5.92 Å². The molecule has 2 aliphatic carbocycles. The molecule has 1 heterocycles. The minimum absolute atomic E-state index is 0.0118. The van der Waals surface area contributed by atoms with Crippen molar-refractivity contribution in [3.63, 3.8) is 0 Å². The summed E-state index contributed by atoms with van der Waals surface area (Å²) in [7, 11) is 1.51. The van der Waals surface area contributed by atoms with Gasteiger partial charge < -0.3 is 9.84 Å². The number of carbonyl (C=O) groups excluding carboxylic acids is 1. The fourth-order valence-electron chi connectivity index (χ4n) is 6.14. The molecule has 3 rings (SSSR count). The number of esters is 1. The van der Waals surface area contributed by atoms with E-state index in [1.54, 1.807) is 0 Å². The molecular weight excluding hydrogens is 376 g/mol. The Hall–Kier alpha value is -0.130. The second-order valence-electron chi connectivity index (χ2n) is 9.39. The third kappa shape index (κ3) is 3.73. The molecule has 1 aliphatic heterocycles. The number of rotatable bonds is 4. The molecule has 1 N–H and O–H groups in total. The topological polar surface area (TPSA) is 46.5 Å². The molecule has 1 unspecified atom stereocenters. The molecule has 5 atom stereocenters. The van der Waals surface area contributed by atoms with Crippen LogP contribution in [-0.4, -0.2) is 39.9 Å². The highest BCUT2D eigenvalue weighted by molar-refractivity contribution is 8.18. The first-order chi connectivity index (χ1) is 12.7. The van der Waals surface area contributed by atoms with E-state index in [1.165, 1.54) is 19.1 Å². The second kappa shape index (κ2) is 7.95. The second-order valence-corrected chi connectivity index (χ2v) is 12.7. The van der Waals surface area contributed by atoms with E-state index in [0.717, 1.165) is 50.0 Å². The minimum Gasteiger partial charge on any atom is -0.469 e. The van der Waals surface area contributed by atoms with Gasteiger partial charge in [0.1, 0.15) is 0 Å². The largest absolute Gasteiger partial charge is 0.469 e. The smallest absolute Gasteiger partial charge is 0.311 e. The van der Waals surface area contributed by atoms with Gasteiger partial charge in [-0.2, -0.15) is 0 Å². The summed E-state index contributed by atoms with van der Waals surface area (Å²) in [6.07, 6.45) is 6.67. The van der Waals surface area contributed by atoms with Crippen LogP contribution < -0.4 is 0 Å². The van der Waals surface area contributed by atoms with E-state index < -0.39 is 5.41 Å². The number of allylic oxidation sites excluding steroid dienone is 1. The molecule has 0 radical (unpaired) electrons. The number of aliphatic hydroxyl groups is 1. The monoisotopic (exact) mass is 412 g/mol. The third-order valence-electron chi connectivity index (χ3n) is 7.80. The molecule has 3 aliphatic rings. The van der Waals surface area contributed by atoms with E-state index in [4.69, 9.17) is 4.74 Å². The van der Waals surface area contributed by atoms with Crippen molar-refractivity contribution in [1.82, 2.24) is 0 Å². The predicted molar refractivity (Wildman–Crippen MR) is 116 cm³/mol.